The Morgan fingerprint density at radius 1 is 1.24 bits per heavy atom. The van der Waals surface area contributed by atoms with Crippen molar-refractivity contribution in [1.29, 1.82) is 0 Å². The van der Waals surface area contributed by atoms with Crippen molar-refractivity contribution in [2.45, 2.75) is 43.8 Å². The van der Waals surface area contributed by atoms with Crippen molar-refractivity contribution in [1.82, 2.24) is 0 Å². The Bertz CT molecular complexity index is 398. The molecule has 0 aliphatic heterocycles. The fraction of sp³-hybridized carbons (Fsp3) is 0.538. The molecule has 1 aromatic carbocycles. The van der Waals surface area contributed by atoms with Crippen molar-refractivity contribution in [3.05, 3.63) is 35.4 Å². The normalized spacial score (nSPS) is 29.3. The van der Waals surface area contributed by atoms with E-state index in [4.69, 9.17) is 5.73 Å². The Hall–Kier alpha value is -1.03. The fourth-order valence-electron chi connectivity index (χ4n) is 2.35. The molecule has 4 heteroatoms. The van der Waals surface area contributed by atoms with Gasteiger partial charge in [-0.25, -0.2) is 13.2 Å². The summed E-state index contributed by atoms with van der Waals surface area (Å²) < 4.78 is 40.8. The number of halogens is 3. The zero-order valence-corrected chi connectivity index (χ0v) is 9.56. The molecule has 0 saturated heterocycles. The largest absolute Gasteiger partial charge is 0.328 e. The molecule has 1 aliphatic rings. The number of hydrogen-bond acceptors (Lipinski definition) is 1. The first-order valence-corrected chi connectivity index (χ1v) is 5.87. The van der Waals surface area contributed by atoms with Gasteiger partial charge in [-0.15, -0.1) is 0 Å². The van der Waals surface area contributed by atoms with Crippen molar-refractivity contribution >= 4 is 0 Å². The lowest BCUT2D eigenvalue weighted by Crippen LogP contribution is -2.37. The number of nitrogens with two attached hydrogens (primary N) is 1. The number of benzene rings is 1. The van der Waals surface area contributed by atoms with Crippen LogP contribution in [0.3, 0.4) is 0 Å². The molecule has 1 fully saturated rings. The topological polar surface area (TPSA) is 26.0 Å². The van der Waals surface area contributed by atoms with Gasteiger partial charge in [0.2, 0.25) is 0 Å². The van der Waals surface area contributed by atoms with Crippen LogP contribution >= 0.6 is 0 Å². The van der Waals surface area contributed by atoms with Gasteiger partial charge >= 0.3 is 0 Å². The van der Waals surface area contributed by atoms with Crippen LogP contribution in [0.2, 0.25) is 0 Å². The minimum Gasteiger partial charge on any atom is -0.328 e. The van der Waals surface area contributed by atoms with Crippen molar-refractivity contribution in [3.8, 4) is 0 Å². The second-order valence-corrected chi connectivity index (χ2v) is 4.90. The summed E-state index contributed by atoms with van der Waals surface area (Å²) >= 11 is 0. The molecule has 0 unspecified atom stereocenters. The van der Waals surface area contributed by atoms with Crippen LogP contribution in [0.1, 0.15) is 31.2 Å². The molecule has 0 amide bonds. The minimum atomic E-state index is -1.44. The van der Waals surface area contributed by atoms with Gasteiger partial charge in [-0.3, -0.25) is 0 Å². The van der Waals surface area contributed by atoms with Gasteiger partial charge in [0.1, 0.15) is 17.3 Å². The van der Waals surface area contributed by atoms with E-state index in [2.05, 4.69) is 0 Å². The second-order valence-electron chi connectivity index (χ2n) is 4.90. The van der Waals surface area contributed by atoms with Gasteiger partial charge in [0, 0.05) is 12.5 Å². The molecule has 1 aliphatic carbocycles. The quantitative estimate of drug-likeness (QED) is 0.848. The first-order chi connectivity index (χ1) is 7.98. The smallest absolute Gasteiger partial charge is 0.126 e. The molecular weight excluding hydrogens is 227 g/mol. The number of hydrogen-bond donors (Lipinski definition) is 1. The molecule has 0 atom stereocenters. The Kier molecular flexibility index (Phi) is 3.43. The molecule has 2 rings (SSSR count). The zero-order valence-electron chi connectivity index (χ0n) is 9.56. The number of alkyl halides is 1. The maximum atomic E-state index is 14.4. The molecule has 0 heterocycles. The SMILES string of the molecule is NC1CCC(F)(Cc2cc(F)ccc2F)CC1. The van der Waals surface area contributed by atoms with Crippen LogP contribution in [0.5, 0.6) is 0 Å². The van der Waals surface area contributed by atoms with Gasteiger partial charge in [0.15, 0.2) is 0 Å². The molecule has 0 bridgehead atoms. The van der Waals surface area contributed by atoms with Gasteiger partial charge in [0.05, 0.1) is 0 Å². The van der Waals surface area contributed by atoms with Crippen LogP contribution in [0.25, 0.3) is 0 Å². The van der Waals surface area contributed by atoms with Crippen molar-refractivity contribution in [2.75, 3.05) is 0 Å². The molecular formula is C13H16F3N. The summed E-state index contributed by atoms with van der Waals surface area (Å²) in [5, 5.41) is 0. The highest BCUT2D eigenvalue weighted by atomic mass is 19.1. The molecule has 2 N–H and O–H groups in total. The van der Waals surface area contributed by atoms with Gasteiger partial charge < -0.3 is 5.73 Å². The predicted octanol–water partition coefficient (Wildman–Crippen LogP) is 3.12. The van der Waals surface area contributed by atoms with E-state index in [-0.39, 0.29) is 18.0 Å². The van der Waals surface area contributed by atoms with Gasteiger partial charge in [0.25, 0.3) is 0 Å². The van der Waals surface area contributed by atoms with Crippen molar-refractivity contribution in [2.24, 2.45) is 5.73 Å². The van der Waals surface area contributed by atoms with E-state index < -0.39 is 17.3 Å². The second kappa shape index (κ2) is 4.69. The zero-order chi connectivity index (χ0) is 12.5. The van der Waals surface area contributed by atoms with Gasteiger partial charge in [-0.05, 0) is 49.4 Å². The highest BCUT2D eigenvalue weighted by Gasteiger charge is 2.35. The summed E-state index contributed by atoms with van der Waals surface area (Å²) in [4.78, 5) is 0. The van der Waals surface area contributed by atoms with Crippen LogP contribution in [0.15, 0.2) is 18.2 Å². The van der Waals surface area contributed by atoms with E-state index in [0.717, 1.165) is 18.2 Å². The van der Waals surface area contributed by atoms with E-state index >= 15 is 0 Å². The lowest BCUT2D eigenvalue weighted by atomic mass is 9.80. The summed E-state index contributed by atoms with van der Waals surface area (Å²) in [5.74, 6) is -1.07. The maximum Gasteiger partial charge on any atom is 0.126 e. The molecule has 94 valence electrons. The lowest BCUT2D eigenvalue weighted by molar-refractivity contribution is 0.0983. The maximum absolute atomic E-state index is 14.4. The first-order valence-electron chi connectivity index (χ1n) is 5.87. The van der Waals surface area contributed by atoms with Gasteiger partial charge in [-0.1, -0.05) is 0 Å². The average Bonchev–Trinajstić information content (AvgIpc) is 2.28. The monoisotopic (exact) mass is 243 g/mol. The molecule has 0 spiro atoms. The van der Waals surface area contributed by atoms with E-state index in [1.165, 1.54) is 0 Å². The summed E-state index contributed by atoms with van der Waals surface area (Å²) in [6.45, 7) is 0. The van der Waals surface area contributed by atoms with Crippen molar-refractivity contribution in [3.63, 3.8) is 0 Å². The molecule has 1 nitrogen and oxygen atoms in total. The molecule has 0 aromatic heterocycles. The van der Waals surface area contributed by atoms with Crippen LogP contribution in [0, 0.1) is 11.6 Å². The molecule has 17 heavy (non-hydrogen) atoms. The van der Waals surface area contributed by atoms with Crippen LogP contribution in [0.4, 0.5) is 13.2 Å². The van der Waals surface area contributed by atoms with E-state index in [9.17, 15) is 13.2 Å². The van der Waals surface area contributed by atoms with E-state index in [1.807, 2.05) is 0 Å². The van der Waals surface area contributed by atoms with Gasteiger partial charge in [-0.2, -0.15) is 0 Å². The third-order valence-corrected chi connectivity index (χ3v) is 3.44. The summed E-state index contributed by atoms with van der Waals surface area (Å²) in [7, 11) is 0. The summed E-state index contributed by atoms with van der Waals surface area (Å²) in [6, 6.07) is 3.20. The van der Waals surface area contributed by atoms with Crippen LogP contribution < -0.4 is 5.73 Å². The average molecular weight is 243 g/mol. The highest BCUT2D eigenvalue weighted by Crippen LogP contribution is 2.35. The van der Waals surface area contributed by atoms with Crippen molar-refractivity contribution < 1.29 is 13.2 Å². The molecule has 0 radical (unpaired) electrons. The third kappa shape index (κ3) is 3.00. The van der Waals surface area contributed by atoms with E-state index in [1.54, 1.807) is 0 Å². The Morgan fingerprint density at radius 3 is 2.53 bits per heavy atom. The predicted molar refractivity (Wildman–Crippen MR) is 60.3 cm³/mol. The Morgan fingerprint density at radius 2 is 1.88 bits per heavy atom. The summed E-state index contributed by atoms with van der Waals surface area (Å²) in [5.41, 5.74) is 4.38. The molecule has 1 aromatic rings. The Balaban J connectivity index is 2.12. The van der Waals surface area contributed by atoms with Crippen LogP contribution in [-0.2, 0) is 6.42 Å². The lowest BCUT2D eigenvalue weighted by Gasteiger charge is -2.32. The van der Waals surface area contributed by atoms with Crippen LogP contribution in [-0.4, -0.2) is 11.7 Å². The highest BCUT2D eigenvalue weighted by molar-refractivity contribution is 5.21. The summed E-state index contributed by atoms with van der Waals surface area (Å²) in [6.07, 6.45) is 1.79. The minimum absolute atomic E-state index is 0.0382. The standard InChI is InChI=1S/C13H16F3N/c14-10-1-2-12(15)9(7-10)8-13(16)5-3-11(17)4-6-13/h1-2,7,11H,3-6,8,17H2. The molecule has 1 saturated carbocycles. The number of rotatable bonds is 2. The first kappa shape index (κ1) is 12.4. The third-order valence-electron chi connectivity index (χ3n) is 3.44. The Labute approximate surface area is 98.8 Å². The van der Waals surface area contributed by atoms with E-state index in [0.29, 0.717) is 25.7 Å². The fourth-order valence-corrected chi connectivity index (χ4v) is 2.35.